The molecule has 1 spiro atoms. The first-order valence-electron chi connectivity index (χ1n) is 12.8. The lowest BCUT2D eigenvalue weighted by molar-refractivity contribution is -0.133. The van der Waals surface area contributed by atoms with Crippen molar-refractivity contribution in [1.82, 2.24) is 14.9 Å². The Labute approximate surface area is 234 Å². The number of nitrogens with one attached hydrogen (secondary N) is 3. The number of hydrogen-bond acceptors (Lipinski definition) is 6. The average Bonchev–Trinajstić information content (AvgIpc) is 3.57. The molecule has 2 unspecified atom stereocenters. The molecule has 40 heavy (non-hydrogen) atoms. The molecule has 204 valence electrons. The van der Waals surface area contributed by atoms with Crippen molar-refractivity contribution in [2.45, 2.75) is 24.4 Å². The summed E-state index contributed by atoms with van der Waals surface area (Å²) in [5.41, 5.74) is 3.23. The van der Waals surface area contributed by atoms with Crippen LogP contribution in [0.5, 0.6) is 0 Å². The number of halogens is 1. The minimum atomic E-state index is -0.988. The van der Waals surface area contributed by atoms with Crippen molar-refractivity contribution in [1.29, 1.82) is 0 Å². The third-order valence-corrected chi connectivity index (χ3v) is 7.62. The van der Waals surface area contributed by atoms with E-state index >= 15 is 0 Å². The Morgan fingerprint density at radius 2 is 2.00 bits per heavy atom. The second-order valence-electron chi connectivity index (χ2n) is 9.92. The van der Waals surface area contributed by atoms with Crippen molar-refractivity contribution in [2.75, 3.05) is 30.8 Å². The number of H-pyrrole nitrogens is 1. The molecule has 11 heteroatoms. The van der Waals surface area contributed by atoms with E-state index in [1.807, 2.05) is 30.3 Å². The van der Waals surface area contributed by atoms with Crippen LogP contribution >= 0.6 is 11.6 Å². The minimum absolute atomic E-state index is 0.133. The number of methoxy groups -OCH3 is 1. The Morgan fingerprint density at radius 1 is 1.18 bits per heavy atom. The molecule has 2 aliphatic rings. The van der Waals surface area contributed by atoms with Crippen LogP contribution in [0.1, 0.15) is 29.3 Å². The normalized spacial score (nSPS) is 18.6. The molecule has 1 aromatic heterocycles. The van der Waals surface area contributed by atoms with Gasteiger partial charge in [0.2, 0.25) is 5.91 Å². The molecule has 0 bridgehead atoms. The molecule has 0 aliphatic carbocycles. The zero-order valence-electron chi connectivity index (χ0n) is 21.6. The number of benzene rings is 3. The number of rotatable bonds is 5. The van der Waals surface area contributed by atoms with E-state index in [9.17, 15) is 14.4 Å². The van der Waals surface area contributed by atoms with Crippen LogP contribution in [-0.4, -0.2) is 53.2 Å². The molecule has 3 heterocycles. The standard InChI is InChI=1S/C29H26ClN5O5/c1-39-27(37)31-19-8-10-23-24(15-19)33-25(32-23)20(13-17-5-3-2-4-6-17)26(36)35-12-11-29(16-35)21-14-18(30)7-9-22(21)34-28(38)40-29/h2-10,14-15,20H,11-13,16H2,1H3,(H,31,37)(H,32,33)(H,34,38). The maximum atomic E-state index is 14.2. The zero-order chi connectivity index (χ0) is 27.9. The molecule has 10 nitrogen and oxygen atoms in total. The van der Waals surface area contributed by atoms with E-state index in [2.05, 4.69) is 20.4 Å². The Bertz CT molecular complexity index is 1620. The molecule has 3 aromatic carbocycles. The molecule has 3 N–H and O–H groups in total. The summed E-state index contributed by atoms with van der Waals surface area (Å²) < 4.78 is 10.5. The fourth-order valence-corrected chi connectivity index (χ4v) is 5.62. The molecule has 0 saturated carbocycles. The highest BCUT2D eigenvalue weighted by Gasteiger charge is 2.49. The van der Waals surface area contributed by atoms with E-state index in [4.69, 9.17) is 21.3 Å². The van der Waals surface area contributed by atoms with Gasteiger partial charge < -0.3 is 19.4 Å². The van der Waals surface area contributed by atoms with Crippen molar-refractivity contribution in [3.63, 3.8) is 0 Å². The summed E-state index contributed by atoms with van der Waals surface area (Å²) in [6, 6.07) is 20.2. The van der Waals surface area contributed by atoms with Gasteiger partial charge in [-0.1, -0.05) is 41.9 Å². The van der Waals surface area contributed by atoms with Gasteiger partial charge in [0.25, 0.3) is 0 Å². The van der Waals surface area contributed by atoms with Crippen LogP contribution in [0, 0.1) is 0 Å². The SMILES string of the molecule is COC(=O)Nc1ccc2[nH]c(C(Cc3ccccc3)C(=O)N3CCC4(C3)OC(=O)Nc3ccc(Cl)cc34)nc2c1. The second kappa shape index (κ2) is 10.2. The number of carbonyl (C=O) groups excluding carboxylic acids is 3. The maximum Gasteiger partial charge on any atom is 0.412 e. The molecule has 6 rings (SSSR count). The number of fused-ring (bicyclic) bond motifs is 3. The first kappa shape index (κ1) is 25.7. The van der Waals surface area contributed by atoms with E-state index in [1.165, 1.54) is 7.11 Å². The molecule has 0 radical (unpaired) electrons. The first-order valence-corrected chi connectivity index (χ1v) is 13.2. The highest BCUT2D eigenvalue weighted by molar-refractivity contribution is 6.30. The molecular weight excluding hydrogens is 534 g/mol. The first-order chi connectivity index (χ1) is 19.3. The van der Waals surface area contributed by atoms with Crippen LogP contribution < -0.4 is 10.6 Å². The summed E-state index contributed by atoms with van der Waals surface area (Å²) in [6.07, 6.45) is -0.282. The lowest BCUT2D eigenvalue weighted by Crippen LogP contribution is -2.43. The Hall–Kier alpha value is -4.57. The van der Waals surface area contributed by atoms with Crippen molar-refractivity contribution in [3.05, 3.63) is 88.7 Å². The smallest absolute Gasteiger partial charge is 0.412 e. The van der Waals surface area contributed by atoms with Gasteiger partial charge in [-0.25, -0.2) is 14.6 Å². The van der Waals surface area contributed by atoms with Crippen molar-refractivity contribution < 1.29 is 23.9 Å². The Kier molecular flexibility index (Phi) is 6.55. The Morgan fingerprint density at radius 3 is 2.80 bits per heavy atom. The second-order valence-corrected chi connectivity index (χ2v) is 10.4. The number of anilines is 2. The van der Waals surface area contributed by atoms with Crippen LogP contribution in [-0.2, 0) is 26.3 Å². The van der Waals surface area contributed by atoms with E-state index in [-0.39, 0.29) is 12.5 Å². The summed E-state index contributed by atoms with van der Waals surface area (Å²) in [5.74, 6) is -0.255. The minimum Gasteiger partial charge on any atom is -0.453 e. The predicted octanol–water partition coefficient (Wildman–Crippen LogP) is 5.41. The fraction of sp³-hybridized carbons (Fsp3) is 0.241. The number of aromatic nitrogens is 2. The summed E-state index contributed by atoms with van der Waals surface area (Å²) in [7, 11) is 1.29. The van der Waals surface area contributed by atoms with E-state index in [0.29, 0.717) is 47.1 Å². The van der Waals surface area contributed by atoms with Gasteiger partial charge in [0.1, 0.15) is 11.7 Å². The van der Waals surface area contributed by atoms with Gasteiger partial charge in [-0.3, -0.25) is 15.4 Å². The number of hydrogen-bond donors (Lipinski definition) is 3. The summed E-state index contributed by atoms with van der Waals surface area (Å²) in [6.45, 7) is 0.599. The molecule has 2 aliphatic heterocycles. The fourth-order valence-electron chi connectivity index (χ4n) is 5.45. The van der Waals surface area contributed by atoms with Crippen LogP contribution in [0.2, 0.25) is 5.02 Å². The lowest BCUT2D eigenvalue weighted by atomic mass is 9.90. The quantitative estimate of drug-likeness (QED) is 0.300. The van der Waals surface area contributed by atoms with Gasteiger partial charge in [-0.15, -0.1) is 0 Å². The highest BCUT2D eigenvalue weighted by atomic mass is 35.5. The molecular formula is C29H26ClN5O5. The number of ether oxygens (including phenoxy) is 2. The van der Waals surface area contributed by atoms with E-state index in [0.717, 1.165) is 16.6 Å². The average molecular weight is 560 g/mol. The summed E-state index contributed by atoms with van der Waals surface area (Å²) in [4.78, 5) is 48.1. The molecule has 2 atom stereocenters. The van der Waals surface area contributed by atoms with Crippen molar-refractivity contribution in [2.24, 2.45) is 0 Å². The van der Waals surface area contributed by atoms with Crippen LogP contribution in [0.3, 0.4) is 0 Å². The third-order valence-electron chi connectivity index (χ3n) is 7.38. The topological polar surface area (TPSA) is 126 Å². The largest absolute Gasteiger partial charge is 0.453 e. The van der Waals surface area contributed by atoms with Gasteiger partial charge in [-0.2, -0.15) is 0 Å². The molecule has 3 amide bonds. The molecule has 1 saturated heterocycles. The third kappa shape index (κ3) is 4.82. The van der Waals surface area contributed by atoms with E-state index < -0.39 is 23.7 Å². The zero-order valence-corrected chi connectivity index (χ0v) is 22.3. The number of carbonyl (C=O) groups is 3. The van der Waals surface area contributed by atoms with Gasteiger partial charge in [0.15, 0.2) is 5.60 Å². The number of nitrogens with zero attached hydrogens (tertiary/aromatic N) is 2. The molecule has 4 aromatic rings. The number of imidazole rings is 1. The van der Waals surface area contributed by atoms with Gasteiger partial charge in [0.05, 0.1) is 30.4 Å². The van der Waals surface area contributed by atoms with Gasteiger partial charge >= 0.3 is 12.2 Å². The monoisotopic (exact) mass is 559 g/mol. The Balaban J connectivity index is 1.33. The van der Waals surface area contributed by atoms with Gasteiger partial charge in [0, 0.05) is 29.2 Å². The van der Waals surface area contributed by atoms with E-state index in [1.54, 1.807) is 41.3 Å². The summed E-state index contributed by atoms with van der Waals surface area (Å²) in [5, 5.41) is 5.88. The number of likely N-dealkylation sites (tertiary alicyclic amines) is 1. The van der Waals surface area contributed by atoms with Crippen LogP contribution in [0.4, 0.5) is 21.0 Å². The summed E-state index contributed by atoms with van der Waals surface area (Å²) >= 11 is 6.29. The predicted molar refractivity (Wildman–Crippen MR) is 149 cm³/mol. The van der Waals surface area contributed by atoms with Crippen molar-refractivity contribution >= 4 is 52.1 Å². The number of amides is 3. The highest BCUT2D eigenvalue weighted by Crippen LogP contribution is 2.44. The lowest BCUT2D eigenvalue weighted by Gasteiger charge is -2.35. The van der Waals surface area contributed by atoms with Crippen LogP contribution in [0.25, 0.3) is 11.0 Å². The van der Waals surface area contributed by atoms with Crippen molar-refractivity contribution in [3.8, 4) is 0 Å². The maximum absolute atomic E-state index is 14.2. The van der Waals surface area contributed by atoms with Crippen LogP contribution in [0.15, 0.2) is 66.7 Å². The molecule has 1 fully saturated rings. The number of aromatic amines is 1. The van der Waals surface area contributed by atoms with Gasteiger partial charge in [-0.05, 0) is 48.4 Å².